The van der Waals surface area contributed by atoms with Crippen LogP contribution in [0.5, 0.6) is 0 Å². The molecule has 2 nitrogen and oxygen atoms in total. The van der Waals surface area contributed by atoms with Crippen molar-refractivity contribution in [3.8, 4) is 0 Å². The van der Waals surface area contributed by atoms with Gasteiger partial charge in [-0.3, -0.25) is 0 Å². The number of thiophene rings is 1. The van der Waals surface area contributed by atoms with Crippen LogP contribution < -0.4 is 0 Å². The van der Waals surface area contributed by atoms with Crippen molar-refractivity contribution in [1.82, 2.24) is 9.97 Å². The average molecular weight is 269 g/mol. The van der Waals surface area contributed by atoms with Crippen LogP contribution >= 0.6 is 22.9 Å². The van der Waals surface area contributed by atoms with Crippen molar-refractivity contribution in [2.75, 3.05) is 0 Å². The van der Waals surface area contributed by atoms with Crippen LogP contribution in [0.1, 0.15) is 30.8 Å². The minimum Gasteiger partial charge on any atom is -0.241 e. The summed E-state index contributed by atoms with van der Waals surface area (Å²) in [6.07, 6.45) is 3.50. The minimum absolute atomic E-state index is 0.160. The lowest BCUT2D eigenvalue weighted by molar-refractivity contribution is 0.559. The zero-order valence-electron chi connectivity index (χ0n) is 10.4. The highest BCUT2D eigenvalue weighted by Gasteiger charge is 2.13. The molecule has 0 spiro atoms. The number of fused-ring (bicyclic) bond motifs is 1. The van der Waals surface area contributed by atoms with Crippen LogP contribution in [-0.2, 0) is 6.42 Å². The van der Waals surface area contributed by atoms with Gasteiger partial charge >= 0.3 is 0 Å². The third-order valence-electron chi connectivity index (χ3n) is 2.68. The van der Waals surface area contributed by atoms with Gasteiger partial charge in [-0.05, 0) is 25.3 Å². The third-order valence-corrected chi connectivity index (χ3v) is 3.97. The molecule has 17 heavy (non-hydrogen) atoms. The molecule has 2 rings (SSSR count). The zero-order valence-corrected chi connectivity index (χ0v) is 12.0. The number of nitrogens with zero attached hydrogens (tertiary/aromatic N) is 2. The van der Waals surface area contributed by atoms with E-state index in [4.69, 9.17) is 11.6 Å². The van der Waals surface area contributed by atoms with Crippen LogP contribution in [0.3, 0.4) is 0 Å². The van der Waals surface area contributed by atoms with E-state index in [9.17, 15) is 0 Å². The maximum Gasteiger partial charge on any atom is 0.127 e. The van der Waals surface area contributed by atoms with Gasteiger partial charge in [-0.15, -0.1) is 22.9 Å². The molecule has 0 fully saturated rings. The Hall–Kier alpha value is -0.670. The molecular formula is C13H17ClN2S. The number of hydrogen-bond donors (Lipinski definition) is 0. The Balaban J connectivity index is 2.23. The normalized spacial score (nSPS) is 13.5. The van der Waals surface area contributed by atoms with Crippen LogP contribution in [0.25, 0.3) is 10.2 Å². The summed E-state index contributed by atoms with van der Waals surface area (Å²) in [7, 11) is 0. The van der Waals surface area contributed by atoms with E-state index in [1.807, 2.05) is 0 Å². The summed E-state index contributed by atoms with van der Waals surface area (Å²) in [5.74, 6) is 0.624. The molecule has 2 aromatic rings. The number of aromatic nitrogens is 2. The van der Waals surface area contributed by atoms with Crippen molar-refractivity contribution in [2.24, 2.45) is 5.92 Å². The maximum absolute atomic E-state index is 6.36. The van der Waals surface area contributed by atoms with Gasteiger partial charge in [-0.25, -0.2) is 9.97 Å². The van der Waals surface area contributed by atoms with Crippen molar-refractivity contribution in [2.45, 2.75) is 39.0 Å². The van der Waals surface area contributed by atoms with E-state index in [1.165, 1.54) is 10.3 Å². The first-order valence-corrected chi connectivity index (χ1v) is 7.15. The van der Waals surface area contributed by atoms with Crippen molar-refractivity contribution < 1.29 is 0 Å². The van der Waals surface area contributed by atoms with E-state index in [0.29, 0.717) is 5.92 Å². The van der Waals surface area contributed by atoms with Gasteiger partial charge in [0.2, 0.25) is 0 Å². The third kappa shape index (κ3) is 3.17. The lowest BCUT2D eigenvalue weighted by Gasteiger charge is -2.11. The standard InChI is InChI=1S/C13H17ClN2S/c1-8(2)4-10(14)6-12-11-5-9(3)17-13(11)16-7-15-12/h5,7-8,10H,4,6H2,1-3H3. The molecule has 0 bridgehead atoms. The average Bonchev–Trinajstić information content (AvgIpc) is 2.58. The molecule has 0 aliphatic heterocycles. The maximum atomic E-state index is 6.36. The first-order chi connectivity index (χ1) is 8.06. The van der Waals surface area contributed by atoms with Crippen LogP contribution in [0, 0.1) is 12.8 Å². The summed E-state index contributed by atoms with van der Waals surface area (Å²) in [5, 5.41) is 1.33. The Labute approximate surface area is 111 Å². The van der Waals surface area contributed by atoms with Crippen molar-refractivity contribution in [3.63, 3.8) is 0 Å². The fraction of sp³-hybridized carbons (Fsp3) is 0.538. The lowest BCUT2D eigenvalue weighted by atomic mass is 10.0. The molecular weight excluding hydrogens is 252 g/mol. The van der Waals surface area contributed by atoms with Crippen LogP contribution in [-0.4, -0.2) is 15.3 Å². The van der Waals surface area contributed by atoms with Crippen LogP contribution in [0.2, 0.25) is 0 Å². The number of hydrogen-bond acceptors (Lipinski definition) is 3. The summed E-state index contributed by atoms with van der Waals surface area (Å²) < 4.78 is 0. The van der Waals surface area contributed by atoms with Crippen LogP contribution in [0.15, 0.2) is 12.4 Å². The molecule has 0 N–H and O–H groups in total. The van der Waals surface area contributed by atoms with Gasteiger partial charge in [0.1, 0.15) is 11.2 Å². The predicted octanol–water partition coefficient (Wildman–Crippen LogP) is 4.20. The Kier molecular flexibility index (Phi) is 4.00. The molecule has 0 amide bonds. The smallest absolute Gasteiger partial charge is 0.127 e. The monoisotopic (exact) mass is 268 g/mol. The van der Waals surface area contributed by atoms with Crippen LogP contribution in [0.4, 0.5) is 0 Å². The molecule has 2 heterocycles. The molecule has 0 radical (unpaired) electrons. The molecule has 4 heteroatoms. The highest BCUT2D eigenvalue weighted by Crippen LogP contribution is 2.26. The Morgan fingerprint density at radius 1 is 1.35 bits per heavy atom. The highest BCUT2D eigenvalue weighted by molar-refractivity contribution is 7.18. The van der Waals surface area contributed by atoms with Crippen molar-refractivity contribution in [1.29, 1.82) is 0 Å². The predicted molar refractivity (Wildman–Crippen MR) is 75.0 cm³/mol. The second-order valence-corrected chi connectivity index (χ2v) is 6.68. The van der Waals surface area contributed by atoms with E-state index in [1.54, 1.807) is 17.7 Å². The van der Waals surface area contributed by atoms with Gasteiger partial charge in [-0.2, -0.15) is 0 Å². The number of rotatable bonds is 4. The number of alkyl halides is 1. The first-order valence-electron chi connectivity index (χ1n) is 5.90. The fourth-order valence-electron chi connectivity index (χ4n) is 1.99. The molecule has 92 valence electrons. The first kappa shape index (κ1) is 12.8. The lowest BCUT2D eigenvalue weighted by Crippen LogP contribution is -2.08. The molecule has 0 aliphatic rings. The van der Waals surface area contributed by atoms with Gasteiger partial charge in [-0.1, -0.05) is 13.8 Å². The molecule has 1 unspecified atom stereocenters. The Morgan fingerprint density at radius 3 is 2.82 bits per heavy atom. The van der Waals surface area contributed by atoms with E-state index in [2.05, 4.69) is 36.8 Å². The van der Waals surface area contributed by atoms with E-state index in [-0.39, 0.29) is 5.38 Å². The van der Waals surface area contributed by atoms with E-state index < -0.39 is 0 Å². The molecule has 1 atom stereocenters. The summed E-state index contributed by atoms with van der Waals surface area (Å²) in [5.41, 5.74) is 1.08. The molecule has 0 saturated carbocycles. The molecule has 0 aliphatic carbocycles. The van der Waals surface area contributed by atoms with Gasteiger partial charge in [0.15, 0.2) is 0 Å². The SMILES string of the molecule is Cc1cc2c(CC(Cl)CC(C)C)ncnc2s1. The second kappa shape index (κ2) is 5.32. The second-order valence-electron chi connectivity index (χ2n) is 4.83. The largest absolute Gasteiger partial charge is 0.241 e. The summed E-state index contributed by atoms with van der Waals surface area (Å²) >= 11 is 8.07. The Morgan fingerprint density at radius 2 is 2.12 bits per heavy atom. The zero-order chi connectivity index (χ0) is 12.4. The fourth-order valence-corrected chi connectivity index (χ4v) is 3.36. The molecule has 2 aromatic heterocycles. The molecule has 0 aromatic carbocycles. The van der Waals surface area contributed by atoms with E-state index in [0.717, 1.165) is 23.4 Å². The highest BCUT2D eigenvalue weighted by atomic mass is 35.5. The number of halogens is 1. The van der Waals surface area contributed by atoms with Crippen molar-refractivity contribution >= 4 is 33.2 Å². The summed E-state index contributed by atoms with van der Waals surface area (Å²) in [6.45, 7) is 6.49. The quantitative estimate of drug-likeness (QED) is 0.777. The van der Waals surface area contributed by atoms with Gasteiger partial charge in [0.25, 0.3) is 0 Å². The number of aryl methyl sites for hydroxylation is 1. The Bertz CT molecular complexity index is 507. The summed E-state index contributed by atoms with van der Waals surface area (Å²) in [6, 6.07) is 2.16. The minimum atomic E-state index is 0.160. The summed E-state index contributed by atoms with van der Waals surface area (Å²) in [4.78, 5) is 11.0. The van der Waals surface area contributed by atoms with Gasteiger partial charge in [0.05, 0.1) is 5.69 Å². The van der Waals surface area contributed by atoms with Gasteiger partial charge < -0.3 is 0 Å². The van der Waals surface area contributed by atoms with E-state index >= 15 is 0 Å². The topological polar surface area (TPSA) is 25.8 Å². The van der Waals surface area contributed by atoms with Gasteiger partial charge in [0, 0.05) is 22.1 Å². The molecule has 0 saturated heterocycles. The van der Waals surface area contributed by atoms with Crippen molar-refractivity contribution in [3.05, 3.63) is 23.0 Å².